The van der Waals surface area contributed by atoms with Gasteiger partial charge < -0.3 is 35.8 Å². The Bertz CT molecular complexity index is 4600. The van der Waals surface area contributed by atoms with E-state index in [0.29, 0.717) is 49.1 Å². The number of carbonyl (C=O) groups is 5. The summed E-state index contributed by atoms with van der Waals surface area (Å²) in [5, 5.41) is 25.1. The number of piperazine rings is 1. The highest BCUT2D eigenvalue weighted by Gasteiger charge is 2.49. The van der Waals surface area contributed by atoms with E-state index >= 15 is 0 Å². The smallest absolute Gasteiger partial charge is 0.391 e. The number of unbranched alkanes of at least 4 members (excludes halogenated alkanes) is 2. The molecule has 2 saturated heterocycles. The number of rotatable bonds is 28. The molecule has 107 heavy (non-hydrogen) atoms. The topological polar surface area (TPSA) is 266 Å². The van der Waals surface area contributed by atoms with Crippen molar-refractivity contribution in [2.45, 2.75) is 183 Å². The van der Waals surface area contributed by atoms with Gasteiger partial charge in [0.2, 0.25) is 23.6 Å². The van der Waals surface area contributed by atoms with Crippen molar-refractivity contribution in [2.24, 2.45) is 10.8 Å². The number of aliphatic hydroxyl groups is 1. The van der Waals surface area contributed by atoms with Crippen molar-refractivity contribution in [2.75, 3.05) is 55.2 Å². The lowest BCUT2D eigenvalue weighted by atomic mass is 9.73. The second kappa shape index (κ2) is 33.8. The molecule has 29 heteroatoms. The minimum atomic E-state index is -6.21. The fourth-order valence-electron chi connectivity index (χ4n) is 14.3. The van der Waals surface area contributed by atoms with E-state index in [9.17, 15) is 59.1 Å². The molecule has 0 radical (unpaired) electrons. The van der Waals surface area contributed by atoms with E-state index in [1.165, 1.54) is 45.5 Å². The van der Waals surface area contributed by atoms with E-state index in [-0.39, 0.29) is 80.4 Å². The fourth-order valence-corrected chi connectivity index (χ4v) is 18.2. The van der Waals surface area contributed by atoms with E-state index in [1.807, 2.05) is 106 Å². The minimum absolute atomic E-state index is 0.0454. The summed E-state index contributed by atoms with van der Waals surface area (Å²) < 4.78 is 102. The van der Waals surface area contributed by atoms with Gasteiger partial charge in [-0.05, 0) is 152 Å². The second-order valence-electron chi connectivity index (χ2n) is 30.1. The quantitative estimate of drug-likeness (QED) is 0.0225. The van der Waals surface area contributed by atoms with Crippen LogP contribution in [0.2, 0.25) is 5.02 Å². The number of fused-ring (bicyclic) bond motifs is 1. The number of alkyl halides is 3. The van der Waals surface area contributed by atoms with Crippen LogP contribution in [0.4, 0.5) is 24.5 Å². The number of hydrogen-bond donors (Lipinski definition) is 5. The van der Waals surface area contributed by atoms with Crippen LogP contribution in [0, 0.1) is 17.8 Å². The normalized spacial score (nSPS) is 18.0. The SMILES string of the molecule is Cc1ncsc1-c1ccc([C@H](C)NC(=O)[C@@H]2C[C@@H](O)CN2C(=O)[C@@H](NC(=O)CCCCCC(=O)N2Cc3cn(CC[C@H](CSc4ccccc4)Nc4ccc(S(=O)(=O)NC(=O)c5ccc(N6CCN(CC7=C(c8ccc(Cl)cc8)CCC(C)(C)C7)CC6)cc5)cc4S(=O)(=O)C(F)(F)F)nc3C2)C(C)(C)C)cc1. The first-order valence-electron chi connectivity index (χ1n) is 36.1. The first kappa shape index (κ1) is 79.9. The Kier molecular flexibility index (Phi) is 25.2. The number of β-amino-alcohol motifs (C(OH)–C–C–N with tert-alkyl or cyclic N) is 1. The lowest BCUT2D eigenvalue weighted by Gasteiger charge is -2.39. The predicted molar refractivity (Wildman–Crippen MR) is 411 cm³/mol. The highest BCUT2D eigenvalue weighted by Crippen LogP contribution is 2.44. The number of thiazole rings is 1. The van der Waals surface area contributed by atoms with E-state index in [4.69, 9.17) is 16.7 Å². The number of amides is 5. The summed E-state index contributed by atoms with van der Waals surface area (Å²) >= 11 is 9.14. The zero-order valence-electron chi connectivity index (χ0n) is 61.1. The maximum Gasteiger partial charge on any atom is 0.501 e. The van der Waals surface area contributed by atoms with E-state index in [0.717, 1.165) is 88.9 Å². The van der Waals surface area contributed by atoms with Gasteiger partial charge in [-0.3, -0.25) is 33.6 Å². The molecule has 0 bridgehead atoms. The molecule has 3 aliphatic heterocycles. The van der Waals surface area contributed by atoms with Crippen LogP contribution in [0.3, 0.4) is 0 Å². The first-order valence-corrected chi connectivity index (χ1v) is 41.3. The number of benzene rings is 5. The third kappa shape index (κ3) is 20.0. The highest BCUT2D eigenvalue weighted by molar-refractivity contribution is 7.99. The average molecular weight is 1570 g/mol. The number of likely N-dealkylation sites (tertiary alicyclic amines) is 1. The van der Waals surface area contributed by atoms with Crippen LogP contribution in [0.25, 0.3) is 16.0 Å². The molecule has 0 spiro atoms. The predicted octanol–water partition coefficient (Wildman–Crippen LogP) is 13.0. The molecule has 11 rings (SSSR count). The summed E-state index contributed by atoms with van der Waals surface area (Å²) in [7, 11) is -11.2. The molecule has 2 aromatic heterocycles. The third-order valence-corrected chi connectivity index (χ3v) is 25.6. The number of sulfone groups is 1. The van der Waals surface area contributed by atoms with Gasteiger partial charge in [0.1, 0.15) is 17.0 Å². The molecule has 4 aliphatic rings. The van der Waals surface area contributed by atoms with Gasteiger partial charge in [-0.2, -0.15) is 18.3 Å². The van der Waals surface area contributed by atoms with Crippen LogP contribution in [-0.2, 0) is 58.7 Å². The standard InChI is InChI=1S/C78H93ClF3N11O10S4/c1-50(52-18-20-54(21-19-52)71-51(2)83-49-105-71)84-74(98)67-40-61(94)46-93(67)75(99)72(76(3,4)5)86-69(95)16-12-9-13-17-70(96)91-44-57-45-92(87-66(57)47-91)35-33-59(48-104-62-14-10-8-11-15-62)85-65-31-30-63(41-68(65)106(100,101)78(80,81)82)107(102,103)88-73(97)55-24-28-60(29-25-55)90-38-36-89(37-39-90)43-56-42-77(6,7)34-32-64(56)53-22-26-58(79)27-23-53/h8,10-11,14-15,18-31,41,45,49-50,59,61,67,72,85,94H,9,12-13,16-17,32-40,42-44,46-48H2,1-7H3,(H,84,98)(H,86,95)(H,88,97)/t50-,59+,61+,67-,72+/m0/s1. The van der Waals surface area contributed by atoms with Crippen molar-refractivity contribution in [3.63, 3.8) is 0 Å². The molecule has 5 aromatic carbocycles. The molecule has 5 N–H and O–H groups in total. The third-order valence-electron chi connectivity index (χ3n) is 20.3. The van der Waals surface area contributed by atoms with Crippen molar-refractivity contribution in [1.29, 1.82) is 0 Å². The maximum absolute atomic E-state index is 14.6. The Balaban J connectivity index is 0.656. The van der Waals surface area contributed by atoms with Crippen molar-refractivity contribution in [3.8, 4) is 10.4 Å². The molecule has 572 valence electrons. The molecule has 1 aliphatic carbocycles. The molecule has 5 atom stereocenters. The average Bonchev–Trinajstić information content (AvgIpc) is 1.71. The lowest BCUT2D eigenvalue weighted by Crippen LogP contribution is -2.57. The first-order chi connectivity index (χ1) is 50.7. The highest BCUT2D eigenvalue weighted by atomic mass is 35.5. The number of sulfonamides is 1. The van der Waals surface area contributed by atoms with Crippen LogP contribution in [0.5, 0.6) is 0 Å². The number of thioether (sulfide) groups is 1. The van der Waals surface area contributed by atoms with Gasteiger partial charge in [0.25, 0.3) is 25.8 Å². The molecule has 0 saturated carbocycles. The summed E-state index contributed by atoms with van der Waals surface area (Å²) in [4.78, 5) is 80.4. The molecule has 5 amide bonds. The van der Waals surface area contributed by atoms with E-state index < -0.39 is 94.3 Å². The number of aromatic nitrogens is 3. The van der Waals surface area contributed by atoms with Crippen LogP contribution in [-0.4, -0.2) is 156 Å². The van der Waals surface area contributed by atoms with Crippen LogP contribution >= 0.6 is 34.7 Å². The van der Waals surface area contributed by atoms with Crippen molar-refractivity contribution >= 4 is 101 Å². The van der Waals surface area contributed by atoms with Gasteiger partial charge in [-0.25, -0.2) is 26.5 Å². The van der Waals surface area contributed by atoms with Gasteiger partial charge in [-0.15, -0.1) is 23.1 Å². The van der Waals surface area contributed by atoms with Crippen molar-refractivity contribution in [3.05, 3.63) is 177 Å². The van der Waals surface area contributed by atoms with Gasteiger partial charge >= 0.3 is 5.51 Å². The fraction of sp³-hybridized carbons (Fsp3) is 0.449. The minimum Gasteiger partial charge on any atom is -0.391 e. The molecule has 21 nitrogen and oxygen atoms in total. The van der Waals surface area contributed by atoms with Crippen molar-refractivity contribution in [1.82, 2.24) is 44.8 Å². The molecule has 0 unspecified atom stereocenters. The number of aryl methyl sites for hydroxylation is 2. The second-order valence-corrected chi connectivity index (χ2v) is 36.1. The number of aliphatic hydroxyl groups excluding tert-OH is 1. The zero-order chi connectivity index (χ0) is 76.8. The molecule has 7 aromatic rings. The Hall–Kier alpha value is -8.12. The van der Waals surface area contributed by atoms with Gasteiger partial charge in [0.15, 0.2) is 0 Å². The Morgan fingerprint density at radius 3 is 2.19 bits per heavy atom. The number of carbonyl (C=O) groups excluding carboxylic acids is 5. The molecular formula is C78H93ClF3N11O10S4. The Labute approximate surface area is 637 Å². The van der Waals surface area contributed by atoms with Gasteiger partial charge in [0.05, 0.1) is 51.0 Å². The summed E-state index contributed by atoms with van der Waals surface area (Å²) in [5.74, 6) is -2.22. The lowest BCUT2D eigenvalue weighted by molar-refractivity contribution is -0.144. The molecule has 2 fully saturated rings. The van der Waals surface area contributed by atoms with E-state index in [1.54, 1.807) is 44.8 Å². The number of allylic oxidation sites excluding steroid dienone is 1. The van der Waals surface area contributed by atoms with Gasteiger partial charge in [0, 0.05) is 116 Å². The number of halogens is 4. The largest absolute Gasteiger partial charge is 0.501 e. The number of hydrogen-bond acceptors (Lipinski definition) is 17. The zero-order valence-corrected chi connectivity index (χ0v) is 65.1. The summed E-state index contributed by atoms with van der Waals surface area (Å²) in [6.45, 7) is 18.3. The number of nitrogens with zero attached hydrogens (tertiary/aromatic N) is 7. The van der Waals surface area contributed by atoms with Gasteiger partial charge in [-0.1, -0.05) is 113 Å². The van der Waals surface area contributed by atoms with Crippen molar-refractivity contribution < 1.29 is 59.1 Å². The van der Waals surface area contributed by atoms with Crippen LogP contribution in [0.15, 0.2) is 153 Å². The number of nitrogens with one attached hydrogen (secondary N) is 4. The maximum atomic E-state index is 14.6. The van der Waals surface area contributed by atoms with Crippen LogP contribution in [0.1, 0.15) is 150 Å². The van der Waals surface area contributed by atoms with E-state index in [2.05, 4.69) is 56.7 Å². The molecule has 5 heterocycles. The Morgan fingerprint density at radius 1 is 0.832 bits per heavy atom. The summed E-state index contributed by atoms with van der Waals surface area (Å²) in [5.41, 5.74) is 3.87. The Morgan fingerprint density at radius 2 is 1.52 bits per heavy atom. The molecular weight excluding hydrogens is 1470 g/mol. The summed E-state index contributed by atoms with van der Waals surface area (Å²) in [6, 6.07) is 30.5. The summed E-state index contributed by atoms with van der Waals surface area (Å²) in [6.07, 6.45) is 5.90. The monoisotopic (exact) mass is 1560 g/mol. The van der Waals surface area contributed by atoms with Crippen LogP contribution < -0.4 is 25.6 Å². The number of anilines is 2.